The van der Waals surface area contributed by atoms with E-state index in [9.17, 15) is 0 Å². The van der Waals surface area contributed by atoms with Crippen molar-refractivity contribution >= 4 is 21.6 Å². The summed E-state index contributed by atoms with van der Waals surface area (Å²) in [5, 5.41) is 7.05. The molecule has 2 unspecified atom stereocenters. The molecule has 0 amide bonds. The van der Waals surface area contributed by atoms with Crippen LogP contribution in [0.1, 0.15) is 0 Å². The van der Waals surface area contributed by atoms with Crippen molar-refractivity contribution in [1.82, 2.24) is 10.6 Å². The highest BCUT2D eigenvalue weighted by molar-refractivity contribution is 8.76. The van der Waals surface area contributed by atoms with Crippen LogP contribution >= 0.6 is 21.6 Å². The molecule has 2 heterocycles. The molecule has 2 aliphatic heterocycles. The Labute approximate surface area is 69.3 Å². The van der Waals surface area contributed by atoms with Crippen LogP contribution in [-0.2, 0) is 0 Å². The third-order valence-electron chi connectivity index (χ3n) is 2.00. The van der Waals surface area contributed by atoms with E-state index in [2.05, 4.69) is 10.6 Å². The van der Waals surface area contributed by atoms with Gasteiger partial charge in [-0.2, -0.15) is 0 Å². The predicted octanol–water partition coefficient (Wildman–Crippen LogP) is 0.311. The Bertz CT molecular complexity index is 94.3. The fraction of sp³-hybridized carbons (Fsp3) is 1.00. The van der Waals surface area contributed by atoms with Crippen LogP contribution in [0.2, 0.25) is 0 Å². The number of hydrogen-bond acceptors (Lipinski definition) is 4. The molecule has 2 N–H and O–H groups in total. The molecule has 0 radical (unpaired) electrons. The lowest BCUT2D eigenvalue weighted by molar-refractivity contribution is 0.365. The first kappa shape index (κ1) is 7.28. The van der Waals surface area contributed by atoms with E-state index in [0.29, 0.717) is 0 Å². The zero-order valence-electron chi connectivity index (χ0n) is 5.80. The summed E-state index contributed by atoms with van der Waals surface area (Å²) in [5.41, 5.74) is 0. The molecule has 2 aliphatic rings. The van der Waals surface area contributed by atoms with E-state index < -0.39 is 0 Å². The van der Waals surface area contributed by atoms with Crippen LogP contribution in [0.3, 0.4) is 0 Å². The van der Waals surface area contributed by atoms with E-state index in [1.165, 1.54) is 11.5 Å². The minimum Gasteiger partial charge on any atom is -0.310 e. The monoisotopic (exact) mass is 176 g/mol. The second-order valence-corrected chi connectivity index (χ2v) is 5.24. The number of piperazine rings is 1. The van der Waals surface area contributed by atoms with Crippen molar-refractivity contribution in [2.45, 2.75) is 12.1 Å². The zero-order chi connectivity index (χ0) is 6.81. The number of hydrogen-bond donors (Lipinski definition) is 2. The molecule has 0 spiro atoms. The van der Waals surface area contributed by atoms with Gasteiger partial charge in [0.25, 0.3) is 0 Å². The Morgan fingerprint density at radius 3 is 1.90 bits per heavy atom. The largest absolute Gasteiger partial charge is 0.310 e. The molecule has 0 aromatic rings. The van der Waals surface area contributed by atoms with Gasteiger partial charge in [-0.05, 0) is 0 Å². The Hall–Kier alpha value is 0.620. The Morgan fingerprint density at radius 2 is 1.40 bits per heavy atom. The molecule has 58 valence electrons. The van der Waals surface area contributed by atoms with Gasteiger partial charge in [0.2, 0.25) is 0 Å². The first-order chi connectivity index (χ1) is 4.97. The van der Waals surface area contributed by atoms with Gasteiger partial charge in [-0.1, -0.05) is 21.6 Å². The lowest BCUT2D eigenvalue weighted by Gasteiger charge is -2.36. The summed E-state index contributed by atoms with van der Waals surface area (Å²) in [5.74, 6) is 2.53. The minimum atomic E-state index is 0.736. The van der Waals surface area contributed by atoms with Crippen LogP contribution < -0.4 is 10.6 Å². The lowest BCUT2D eigenvalue weighted by atomic mass is 10.1. The molecular weight excluding hydrogens is 164 g/mol. The quantitative estimate of drug-likeness (QED) is 0.519. The highest BCUT2D eigenvalue weighted by Crippen LogP contribution is 2.30. The maximum atomic E-state index is 3.52. The van der Waals surface area contributed by atoms with Gasteiger partial charge >= 0.3 is 0 Å². The van der Waals surface area contributed by atoms with Crippen molar-refractivity contribution in [1.29, 1.82) is 0 Å². The standard InChI is InChI=1S/C6H12N2S2/c1-2-8-6-4-10-9-3-5(6)7-1/h5-8H,1-4H2. The van der Waals surface area contributed by atoms with E-state index in [-0.39, 0.29) is 0 Å². The second kappa shape index (κ2) is 3.34. The summed E-state index contributed by atoms with van der Waals surface area (Å²) < 4.78 is 0. The van der Waals surface area contributed by atoms with Gasteiger partial charge in [0.15, 0.2) is 0 Å². The minimum absolute atomic E-state index is 0.736. The fourth-order valence-electron chi connectivity index (χ4n) is 1.39. The molecule has 0 saturated carbocycles. The van der Waals surface area contributed by atoms with Crippen molar-refractivity contribution < 1.29 is 0 Å². The third kappa shape index (κ3) is 1.44. The van der Waals surface area contributed by atoms with E-state index in [1.54, 1.807) is 0 Å². The van der Waals surface area contributed by atoms with E-state index >= 15 is 0 Å². The predicted molar refractivity (Wildman–Crippen MR) is 48.5 cm³/mol. The van der Waals surface area contributed by atoms with Gasteiger partial charge in [-0.15, -0.1) is 0 Å². The molecule has 2 saturated heterocycles. The molecule has 10 heavy (non-hydrogen) atoms. The molecule has 2 fully saturated rings. The van der Waals surface area contributed by atoms with E-state index in [1.807, 2.05) is 21.6 Å². The third-order valence-corrected chi connectivity index (χ3v) is 4.48. The van der Waals surface area contributed by atoms with Crippen molar-refractivity contribution in [3.05, 3.63) is 0 Å². The smallest absolute Gasteiger partial charge is 0.0329 e. The second-order valence-electron chi connectivity index (χ2n) is 2.69. The molecule has 0 bridgehead atoms. The van der Waals surface area contributed by atoms with Gasteiger partial charge in [-0.25, -0.2) is 0 Å². The summed E-state index contributed by atoms with van der Waals surface area (Å²) in [6, 6.07) is 1.47. The maximum absolute atomic E-state index is 3.52. The van der Waals surface area contributed by atoms with Gasteiger partial charge in [-0.3, -0.25) is 0 Å². The molecule has 2 atom stereocenters. The molecule has 2 nitrogen and oxygen atoms in total. The molecular formula is C6H12N2S2. The average molecular weight is 176 g/mol. The maximum Gasteiger partial charge on any atom is 0.0329 e. The van der Waals surface area contributed by atoms with E-state index in [4.69, 9.17) is 0 Å². The van der Waals surface area contributed by atoms with Gasteiger partial charge in [0.1, 0.15) is 0 Å². The van der Waals surface area contributed by atoms with Crippen LogP contribution in [0, 0.1) is 0 Å². The lowest BCUT2D eigenvalue weighted by Crippen LogP contribution is -2.59. The molecule has 4 heteroatoms. The van der Waals surface area contributed by atoms with Gasteiger partial charge in [0.05, 0.1) is 0 Å². The Balaban J connectivity index is 1.93. The molecule has 0 aromatic carbocycles. The summed E-state index contributed by atoms with van der Waals surface area (Å²) >= 11 is 0. The van der Waals surface area contributed by atoms with Crippen LogP contribution in [0.4, 0.5) is 0 Å². The average Bonchev–Trinajstić information content (AvgIpc) is 2.05. The SMILES string of the molecule is C1CNC2CSSCC2N1. The molecule has 0 aliphatic carbocycles. The fourth-order valence-corrected chi connectivity index (χ4v) is 4.04. The number of rotatable bonds is 0. The van der Waals surface area contributed by atoms with Crippen molar-refractivity contribution in [3.8, 4) is 0 Å². The first-order valence-electron chi connectivity index (χ1n) is 3.68. The van der Waals surface area contributed by atoms with Crippen LogP contribution in [-0.4, -0.2) is 36.7 Å². The molecule has 2 rings (SSSR count). The topological polar surface area (TPSA) is 24.1 Å². The summed E-state index contributed by atoms with van der Waals surface area (Å²) in [6.45, 7) is 2.29. The van der Waals surface area contributed by atoms with E-state index in [0.717, 1.165) is 25.2 Å². The Kier molecular flexibility index (Phi) is 2.43. The number of fused-ring (bicyclic) bond motifs is 1. The summed E-state index contributed by atoms with van der Waals surface area (Å²) in [6.07, 6.45) is 0. The summed E-state index contributed by atoms with van der Waals surface area (Å²) in [4.78, 5) is 0. The van der Waals surface area contributed by atoms with Crippen LogP contribution in [0.15, 0.2) is 0 Å². The zero-order valence-corrected chi connectivity index (χ0v) is 7.43. The number of nitrogens with one attached hydrogen (secondary N) is 2. The normalized spacial score (nSPS) is 40.8. The van der Waals surface area contributed by atoms with Crippen molar-refractivity contribution in [2.75, 3.05) is 24.6 Å². The highest BCUT2D eigenvalue weighted by atomic mass is 33.1. The highest BCUT2D eigenvalue weighted by Gasteiger charge is 2.27. The summed E-state index contributed by atoms with van der Waals surface area (Å²) in [7, 11) is 3.99. The molecule has 0 aromatic heterocycles. The van der Waals surface area contributed by atoms with Crippen LogP contribution in [0.25, 0.3) is 0 Å². The first-order valence-corrected chi connectivity index (χ1v) is 6.17. The van der Waals surface area contributed by atoms with Crippen LogP contribution in [0.5, 0.6) is 0 Å². The van der Waals surface area contributed by atoms with Crippen molar-refractivity contribution in [2.24, 2.45) is 0 Å². The Morgan fingerprint density at radius 1 is 0.900 bits per heavy atom. The van der Waals surface area contributed by atoms with Gasteiger partial charge in [0, 0.05) is 36.7 Å². The van der Waals surface area contributed by atoms with Crippen molar-refractivity contribution in [3.63, 3.8) is 0 Å². The van der Waals surface area contributed by atoms with Gasteiger partial charge < -0.3 is 10.6 Å².